The fourth-order valence-corrected chi connectivity index (χ4v) is 3.48. The first-order valence-corrected chi connectivity index (χ1v) is 10.0. The van der Waals surface area contributed by atoms with Gasteiger partial charge in [0.1, 0.15) is 6.61 Å². The maximum atomic E-state index is 9.97. The average Bonchev–Trinajstić information content (AvgIpc) is 3.11. The second kappa shape index (κ2) is 8.65. The third-order valence-corrected chi connectivity index (χ3v) is 4.88. The molecule has 3 heterocycles. The summed E-state index contributed by atoms with van der Waals surface area (Å²) in [7, 11) is 0. The molecule has 30 heavy (non-hydrogen) atoms. The zero-order chi connectivity index (χ0) is 21.1. The van der Waals surface area contributed by atoms with Crippen molar-refractivity contribution in [2.24, 2.45) is 0 Å². The minimum Gasteiger partial charge on any atom is -0.475 e. The number of fused-ring (bicyclic) bond motifs is 1. The molecule has 6 nitrogen and oxygen atoms in total. The molecule has 0 saturated carbocycles. The van der Waals surface area contributed by atoms with Crippen LogP contribution in [0.15, 0.2) is 67.1 Å². The molecular weight excluding hydrogens is 378 g/mol. The number of aromatic nitrogens is 3. The largest absolute Gasteiger partial charge is 0.475 e. The molecule has 1 aromatic carbocycles. The van der Waals surface area contributed by atoms with Crippen LogP contribution in [0.1, 0.15) is 13.8 Å². The van der Waals surface area contributed by atoms with Crippen LogP contribution in [0.4, 0.5) is 0 Å². The molecule has 0 aliphatic rings. The Kier molecular flexibility index (Phi) is 5.79. The molecule has 6 heteroatoms. The van der Waals surface area contributed by atoms with Crippen LogP contribution in [0.25, 0.3) is 33.3 Å². The zero-order valence-corrected chi connectivity index (χ0v) is 17.1. The standard InChI is InChI=1S/C24H25N3O3/c1-16(28)14-27-22(11-20-9-10-25-13-23(20)27)19-5-3-18(4-6-19)21-7-8-24(26-12-21)30-15-17(2)29/h3-13,16-17,28-29H,14-15H2,1-2H3/t16-,17-/m0/s1. The summed E-state index contributed by atoms with van der Waals surface area (Å²) in [5.74, 6) is 0.493. The van der Waals surface area contributed by atoms with Gasteiger partial charge in [0.25, 0.3) is 0 Å². The minimum absolute atomic E-state index is 0.219. The van der Waals surface area contributed by atoms with Crippen LogP contribution in [-0.4, -0.2) is 43.6 Å². The Labute approximate surface area is 175 Å². The quantitative estimate of drug-likeness (QED) is 0.489. The van der Waals surface area contributed by atoms with Crippen molar-refractivity contribution in [1.29, 1.82) is 0 Å². The van der Waals surface area contributed by atoms with E-state index in [1.54, 1.807) is 32.3 Å². The number of aliphatic hydroxyl groups is 2. The Balaban J connectivity index is 1.61. The van der Waals surface area contributed by atoms with Crippen molar-refractivity contribution in [3.05, 3.63) is 67.1 Å². The maximum Gasteiger partial charge on any atom is 0.213 e. The first kappa shape index (κ1) is 20.1. The summed E-state index contributed by atoms with van der Waals surface area (Å²) in [6.45, 7) is 4.19. The van der Waals surface area contributed by atoms with Gasteiger partial charge in [-0.1, -0.05) is 24.3 Å². The monoisotopic (exact) mass is 403 g/mol. The Morgan fingerprint density at radius 3 is 2.30 bits per heavy atom. The molecule has 0 saturated heterocycles. The summed E-state index contributed by atoms with van der Waals surface area (Å²) in [5.41, 5.74) is 5.16. The molecule has 0 amide bonds. The van der Waals surface area contributed by atoms with Crippen LogP contribution in [0.5, 0.6) is 5.88 Å². The van der Waals surface area contributed by atoms with Crippen molar-refractivity contribution in [1.82, 2.24) is 14.5 Å². The fraction of sp³-hybridized carbons (Fsp3) is 0.250. The lowest BCUT2D eigenvalue weighted by Gasteiger charge is -2.13. The predicted molar refractivity (Wildman–Crippen MR) is 117 cm³/mol. The Bertz CT molecular complexity index is 1120. The van der Waals surface area contributed by atoms with Crippen LogP contribution >= 0.6 is 0 Å². The third kappa shape index (κ3) is 4.35. The van der Waals surface area contributed by atoms with Gasteiger partial charge in [0.15, 0.2) is 0 Å². The summed E-state index contributed by atoms with van der Waals surface area (Å²) in [4.78, 5) is 8.55. The number of pyridine rings is 2. The highest BCUT2D eigenvalue weighted by molar-refractivity contribution is 5.86. The lowest BCUT2D eigenvalue weighted by Crippen LogP contribution is -2.13. The SMILES string of the molecule is C[C@H](O)COc1ccc(-c2ccc(-c3cc4ccncc4n3C[C@H](C)O)cc2)cn1. The minimum atomic E-state index is -0.529. The van der Waals surface area contributed by atoms with Gasteiger partial charge < -0.3 is 19.5 Å². The Morgan fingerprint density at radius 1 is 0.900 bits per heavy atom. The van der Waals surface area contributed by atoms with Gasteiger partial charge in [-0.2, -0.15) is 0 Å². The average molecular weight is 403 g/mol. The number of rotatable bonds is 7. The molecule has 0 unspecified atom stereocenters. The van der Waals surface area contributed by atoms with E-state index in [1.807, 2.05) is 18.3 Å². The highest BCUT2D eigenvalue weighted by Gasteiger charge is 2.13. The normalized spacial score (nSPS) is 13.3. The molecule has 4 rings (SSSR count). The van der Waals surface area contributed by atoms with Crippen LogP contribution in [0, 0.1) is 0 Å². The first-order valence-electron chi connectivity index (χ1n) is 10.0. The lowest BCUT2D eigenvalue weighted by atomic mass is 10.0. The molecule has 154 valence electrons. The number of nitrogens with zero attached hydrogens (tertiary/aromatic N) is 3. The molecule has 2 N–H and O–H groups in total. The third-order valence-electron chi connectivity index (χ3n) is 4.88. The van der Waals surface area contributed by atoms with Crippen LogP contribution in [0.3, 0.4) is 0 Å². The topological polar surface area (TPSA) is 80.4 Å². The molecule has 0 spiro atoms. The number of hydrogen-bond donors (Lipinski definition) is 2. The van der Waals surface area contributed by atoms with Gasteiger partial charge in [0.2, 0.25) is 5.88 Å². The Hall–Kier alpha value is -3.22. The lowest BCUT2D eigenvalue weighted by molar-refractivity contribution is 0.120. The molecule has 4 aromatic rings. The van der Waals surface area contributed by atoms with E-state index < -0.39 is 12.2 Å². The van der Waals surface area contributed by atoms with E-state index in [4.69, 9.17) is 4.74 Å². The van der Waals surface area contributed by atoms with Crippen molar-refractivity contribution < 1.29 is 14.9 Å². The van der Waals surface area contributed by atoms with E-state index in [0.29, 0.717) is 12.4 Å². The van der Waals surface area contributed by atoms with Crippen molar-refractivity contribution in [2.75, 3.05) is 6.61 Å². The molecule has 3 aromatic heterocycles. The molecular formula is C24H25N3O3. The van der Waals surface area contributed by atoms with E-state index in [2.05, 4.69) is 44.9 Å². The predicted octanol–water partition coefficient (Wildman–Crippen LogP) is 3.91. The van der Waals surface area contributed by atoms with Crippen molar-refractivity contribution in [3.63, 3.8) is 0 Å². The fourth-order valence-electron chi connectivity index (χ4n) is 3.48. The smallest absolute Gasteiger partial charge is 0.213 e. The van der Waals surface area contributed by atoms with Crippen molar-refractivity contribution in [3.8, 4) is 28.3 Å². The molecule has 0 radical (unpaired) electrons. The van der Waals surface area contributed by atoms with Crippen LogP contribution < -0.4 is 4.74 Å². The van der Waals surface area contributed by atoms with Gasteiger partial charge in [0, 0.05) is 41.6 Å². The maximum absolute atomic E-state index is 9.97. The van der Waals surface area contributed by atoms with Crippen LogP contribution in [-0.2, 0) is 6.54 Å². The zero-order valence-electron chi connectivity index (χ0n) is 17.1. The van der Waals surface area contributed by atoms with E-state index in [-0.39, 0.29) is 6.61 Å². The van der Waals surface area contributed by atoms with Gasteiger partial charge in [-0.05, 0) is 43.2 Å². The van der Waals surface area contributed by atoms with E-state index in [9.17, 15) is 10.2 Å². The van der Waals surface area contributed by atoms with Gasteiger partial charge in [-0.3, -0.25) is 4.98 Å². The number of hydrogen-bond acceptors (Lipinski definition) is 5. The van der Waals surface area contributed by atoms with Gasteiger partial charge in [-0.15, -0.1) is 0 Å². The van der Waals surface area contributed by atoms with Gasteiger partial charge in [0.05, 0.1) is 23.9 Å². The second-order valence-electron chi connectivity index (χ2n) is 7.55. The summed E-state index contributed by atoms with van der Waals surface area (Å²) in [5, 5.41) is 20.4. The van der Waals surface area contributed by atoms with E-state index >= 15 is 0 Å². The van der Waals surface area contributed by atoms with Crippen molar-refractivity contribution in [2.45, 2.75) is 32.6 Å². The molecule has 0 bridgehead atoms. The highest BCUT2D eigenvalue weighted by Crippen LogP contribution is 2.30. The summed E-state index contributed by atoms with van der Waals surface area (Å²) in [6.07, 6.45) is 4.40. The molecule has 0 fully saturated rings. The number of benzene rings is 1. The van der Waals surface area contributed by atoms with Gasteiger partial charge in [-0.25, -0.2) is 4.98 Å². The molecule has 2 atom stereocenters. The molecule has 0 aliphatic carbocycles. The molecule has 0 aliphatic heterocycles. The highest BCUT2D eigenvalue weighted by atomic mass is 16.5. The van der Waals surface area contributed by atoms with Crippen molar-refractivity contribution >= 4 is 10.9 Å². The van der Waals surface area contributed by atoms with Crippen LogP contribution in [0.2, 0.25) is 0 Å². The number of aliphatic hydroxyl groups excluding tert-OH is 2. The summed E-state index contributed by atoms with van der Waals surface area (Å²) in [6, 6.07) is 16.1. The van der Waals surface area contributed by atoms with Gasteiger partial charge >= 0.3 is 0 Å². The second-order valence-corrected chi connectivity index (χ2v) is 7.55. The van der Waals surface area contributed by atoms with E-state index in [0.717, 1.165) is 33.3 Å². The summed E-state index contributed by atoms with van der Waals surface area (Å²) >= 11 is 0. The summed E-state index contributed by atoms with van der Waals surface area (Å²) < 4.78 is 7.53. The number of ether oxygens (including phenoxy) is 1. The Morgan fingerprint density at radius 2 is 1.63 bits per heavy atom. The first-order chi connectivity index (χ1) is 14.5. The van der Waals surface area contributed by atoms with E-state index in [1.165, 1.54) is 0 Å².